The SMILES string of the molecule is COc1cc(NC(C(=O)c2c[nH]c3c(F)c(F)ccc23)c2ccc(F)cc2OC)cc(OCCO)c1. The Morgan fingerprint density at radius 2 is 1.81 bits per heavy atom. The van der Waals surface area contributed by atoms with Crippen molar-refractivity contribution in [2.75, 3.05) is 32.8 Å². The van der Waals surface area contributed by atoms with Crippen molar-refractivity contribution in [2.24, 2.45) is 0 Å². The third-order valence-corrected chi connectivity index (χ3v) is 5.57. The van der Waals surface area contributed by atoms with Gasteiger partial charge >= 0.3 is 0 Å². The number of carbonyl (C=O) groups is 1. The number of H-pyrrole nitrogens is 1. The van der Waals surface area contributed by atoms with E-state index in [-0.39, 0.29) is 35.4 Å². The smallest absolute Gasteiger partial charge is 0.191 e. The van der Waals surface area contributed by atoms with E-state index >= 15 is 0 Å². The molecule has 7 nitrogen and oxygen atoms in total. The second-order valence-corrected chi connectivity index (χ2v) is 7.78. The van der Waals surface area contributed by atoms with Gasteiger partial charge in [-0.15, -0.1) is 0 Å². The van der Waals surface area contributed by atoms with Crippen LogP contribution >= 0.6 is 0 Å². The first-order chi connectivity index (χ1) is 17.4. The summed E-state index contributed by atoms with van der Waals surface area (Å²) in [6.07, 6.45) is 1.29. The van der Waals surface area contributed by atoms with Gasteiger partial charge in [0, 0.05) is 52.7 Å². The number of Topliss-reactive ketones (excluding diaryl/α,β-unsaturated/α-hetero) is 1. The van der Waals surface area contributed by atoms with E-state index in [1.165, 1.54) is 38.6 Å². The lowest BCUT2D eigenvalue weighted by Crippen LogP contribution is -2.22. The first-order valence-corrected chi connectivity index (χ1v) is 10.9. The normalized spacial score (nSPS) is 11.8. The van der Waals surface area contributed by atoms with E-state index in [0.29, 0.717) is 22.7 Å². The van der Waals surface area contributed by atoms with E-state index in [1.807, 2.05) is 0 Å². The second kappa shape index (κ2) is 10.6. The second-order valence-electron chi connectivity index (χ2n) is 7.78. The zero-order chi connectivity index (χ0) is 25.8. The summed E-state index contributed by atoms with van der Waals surface area (Å²) in [4.78, 5) is 16.5. The number of aromatic nitrogens is 1. The fraction of sp³-hybridized carbons (Fsp3) is 0.192. The van der Waals surface area contributed by atoms with Crippen molar-refractivity contribution in [3.63, 3.8) is 0 Å². The minimum Gasteiger partial charge on any atom is -0.497 e. The molecule has 0 spiro atoms. The van der Waals surface area contributed by atoms with E-state index in [2.05, 4.69) is 10.3 Å². The largest absolute Gasteiger partial charge is 0.497 e. The van der Waals surface area contributed by atoms with Crippen LogP contribution in [0.25, 0.3) is 10.9 Å². The number of ether oxygens (including phenoxy) is 3. The first-order valence-electron chi connectivity index (χ1n) is 10.9. The van der Waals surface area contributed by atoms with Crippen molar-refractivity contribution in [1.29, 1.82) is 0 Å². The average Bonchev–Trinajstić information content (AvgIpc) is 3.32. The number of carbonyl (C=O) groups excluding carboxylic acids is 1. The van der Waals surface area contributed by atoms with Crippen molar-refractivity contribution in [3.8, 4) is 17.2 Å². The van der Waals surface area contributed by atoms with Gasteiger partial charge in [-0.1, -0.05) is 0 Å². The van der Waals surface area contributed by atoms with Gasteiger partial charge in [0.1, 0.15) is 35.7 Å². The molecule has 3 aromatic carbocycles. The van der Waals surface area contributed by atoms with Crippen LogP contribution in [0.1, 0.15) is 22.0 Å². The number of ketones is 1. The van der Waals surface area contributed by atoms with E-state index in [1.54, 1.807) is 18.2 Å². The van der Waals surface area contributed by atoms with Crippen LogP contribution in [0.5, 0.6) is 17.2 Å². The number of aliphatic hydroxyl groups excluding tert-OH is 1. The van der Waals surface area contributed by atoms with Crippen LogP contribution in [0.3, 0.4) is 0 Å². The molecule has 0 bridgehead atoms. The molecule has 188 valence electrons. The summed E-state index contributed by atoms with van der Waals surface area (Å²) < 4.78 is 58.1. The number of nitrogens with one attached hydrogen (secondary N) is 2. The van der Waals surface area contributed by atoms with Gasteiger partial charge < -0.3 is 29.6 Å². The lowest BCUT2D eigenvalue weighted by Gasteiger charge is -2.22. The number of aliphatic hydroxyl groups is 1. The first kappa shape index (κ1) is 24.9. The number of benzene rings is 3. The topological polar surface area (TPSA) is 92.8 Å². The molecule has 1 atom stereocenters. The molecule has 10 heteroatoms. The van der Waals surface area contributed by atoms with Gasteiger partial charge in [0.25, 0.3) is 0 Å². The molecule has 0 saturated carbocycles. The highest BCUT2D eigenvalue weighted by molar-refractivity contribution is 6.11. The standard InChI is InChI=1S/C26H23F3N2O5/c1-34-16-10-15(11-17(12-16)36-8-7-32)31-25(19-4-3-14(27)9-22(19)35-2)26(33)20-13-30-24-18(20)5-6-21(28)23(24)29/h3-6,9-13,25,30-32H,7-8H2,1-2H3. The number of hydrogen-bond donors (Lipinski definition) is 3. The maximum Gasteiger partial charge on any atom is 0.191 e. The molecule has 0 amide bonds. The van der Waals surface area contributed by atoms with E-state index in [9.17, 15) is 18.0 Å². The molecule has 0 saturated heterocycles. The number of hydrogen-bond acceptors (Lipinski definition) is 6. The lowest BCUT2D eigenvalue weighted by molar-refractivity contribution is 0.0970. The van der Waals surface area contributed by atoms with E-state index < -0.39 is 29.3 Å². The molecule has 0 aliphatic rings. The molecule has 0 radical (unpaired) electrons. The summed E-state index contributed by atoms with van der Waals surface area (Å²) >= 11 is 0. The maximum atomic E-state index is 14.3. The minimum atomic E-state index is -1.13. The molecular formula is C26H23F3N2O5. The van der Waals surface area contributed by atoms with Gasteiger partial charge in [0.2, 0.25) is 0 Å². The van der Waals surface area contributed by atoms with Crippen LogP contribution in [-0.2, 0) is 0 Å². The summed E-state index contributed by atoms with van der Waals surface area (Å²) in [5.74, 6) is -2.34. The molecule has 0 aliphatic heterocycles. The fourth-order valence-electron chi connectivity index (χ4n) is 3.89. The monoisotopic (exact) mass is 500 g/mol. The van der Waals surface area contributed by atoms with Crippen LogP contribution in [-0.4, -0.2) is 43.3 Å². The minimum absolute atomic E-state index is 0.0399. The number of fused-ring (bicyclic) bond motifs is 1. The molecule has 3 N–H and O–H groups in total. The third kappa shape index (κ3) is 4.94. The molecule has 4 aromatic rings. The van der Waals surface area contributed by atoms with Gasteiger partial charge in [-0.2, -0.15) is 0 Å². The number of rotatable bonds is 10. The van der Waals surface area contributed by atoms with Crippen LogP contribution in [0.2, 0.25) is 0 Å². The van der Waals surface area contributed by atoms with E-state index in [4.69, 9.17) is 19.3 Å². The Bertz CT molecular complexity index is 1410. The highest BCUT2D eigenvalue weighted by Gasteiger charge is 2.28. The summed E-state index contributed by atoms with van der Waals surface area (Å²) in [6, 6.07) is 9.67. The summed E-state index contributed by atoms with van der Waals surface area (Å²) in [5, 5.41) is 12.4. The fourth-order valence-corrected chi connectivity index (χ4v) is 3.89. The van der Waals surface area contributed by atoms with Gasteiger partial charge in [0.05, 0.1) is 26.3 Å². The lowest BCUT2D eigenvalue weighted by atomic mass is 9.95. The summed E-state index contributed by atoms with van der Waals surface area (Å²) in [7, 11) is 2.80. The van der Waals surface area contributed by atoms with Crippen molar-refractivity contribution >= 4 is 22.4 Å². The highest BCUT2D eigenvalue weighted by Crippen LogP contribution is 2.35. The summed E-state index contributed by atoms with van der Waals surface area (Å²) in [6.45, 7) is -0.163. The van der Waals surface area contributed by atoms with Crippen molar-refractivity contribution < 1.29 is 37.3 Å². The average molecular weight is 500 g/mol. The van der Waals surface area contributed by atoms with Crippen LogP contribution < -0.4 is 19.5 Å². The summed E-state index contributed by atoms with van der Waals surface area (Å²) in [5.41, 5.74) is 0.655. The van der Waals surface area contributed by atoms with Crippen LogP contribution in [0.4, 0.5) is 18.9 Å². The van der Waals surface area contributed by atoms with Crippen LogP contribution in [0, 0.1) is 17.5 Å². The Morgan fingerprint density at radius 3 is 2.53 bits per heavy atom. The van der Waals surface area contributed by atoms with Gasteiger partial charge in [-0.3, -0.25) is 4.79 Å². The predicted molar refractivity (Wildman–Crippen MR) is 127 cm³/mol. The zero-order valence-electron chi connectivity index (χ0n) is 19.4. The Hall–Kier alpha value is -4.18. The van der Waals surface area contributed by atoms with Crippen molar-refractivity contribution in [3.05, 3.63) is 83.3 Å². The van der Waals surface area contributed by atoms with Gasteiger partial charge in [0.15, 0.2) is 17.4 Å². The molecule has 0 fully saturated rings. The predicted octanol–water partition coefficient (Wildman–Crippen LogP) is 5.01. The Kier molecular flexibility index (Phi) is 7.35. The quantitative estimate of drug-likeness (QED) is 0.265. The molecule has 0 aliphatic carbocycles. The molecule has 1 heterocycles. The number of halogens is 3. The Labute approximate surface area is 204 Å². The number of aromatic amines is 1. The number of anilines is 1. The third-order valence-electron chi connectivity index (χ3n) is 5.57. The molecule has 4 rings (SSSR count). The van der Waals surface area contributed by atoms with Gasteiger partial charge in [-0.05, 0) is 24.3 Å². The number of methoxy groups -OCH3 is 2. The Morgan fingerprint density at radius 1 is 1.03 bits per heavy atom. The van der Waals surface area contributed by atoms with Crippen molar-refractivity contribution in [2.45, 2.75) is 6.04 Å². The molecular weight excluding hydrogens is 477 g/mol. The maximum absolute atomic E-state index is 14.3. The van der Waals surface area contributed by atoms with Crippen molar-refractivity contribution in [1.82, 2.24) is 4.98 Å². The molecule has 1 unspecified atom stereocenters. The van der Waals surface area contributed by atoms with Crippen LogP contribution in [0.15, 0.2) is 54.7 Å². The highest BCUT2D eigenvalue weighted by atomic mass is 19.2. The van der Waals surface area contributed by atoms with E-state index in [0.717, 1.165) is 12.1 Å². The molecule has 36 heavy (non-hydrogen) atoms. The Balaban J connectivity index is 1.82. The van der Waals surface area contributed by atoms with Gasteiger partial charge in [-0.25, -0.2) is 13.2 Å². The molecule has 1 aromatic heterocycles. The zero-order valence-corrected chi connectivity index (χ0v) is 19.4.